The second kappa shape index (κ2) is 12.9. The van der Waals surface area contributed by atoms with Crippen LogP contribution in [0.1, 0.15) is 40.2 Å². The van der Waals surface area contributed by atoms with Crippen LogP contribution in [0.4, 0.5) is 5.69 Å². The number of nitrogens with zero attached hydrogens (tertiary/aromatic N) is 1. The number of ketones is 1. The number of carbonyl (C=O) groups excluding carboxylic acids is 3. The van der Waals surface area contributed by atoms with Gasteiger partial charge in [0, 0.05) is 18.1 Å². The molecule has 1 fully saturated rings. The molecule has 0 aromatic heterocycles. The van der Waals surface area contributed by atoms with Crippen LogP contribution in [0.15, 0.2) is 54.6 Å². The molecule has 1 unspecified atom stereocenters. The molecule has 216 valence electrons. The Hall–Kier alpha value is -2.64. The summed E-state index contributed by atoms with van der Waals surface area (Å²) in [5.41, 5.74) is 0.523. The molecular weight excluding hydrogens is 643 g/mol. The van der Waals surface area contributed by atoms with Crippen LogP contribution >= 0.6 is 0 Å². The highest BCUT2D eigenvalue weighted by molar-refractivity contribution is 6.74. The Labute approximate surface area is 246 Å². The summed E-state index contributed by atoms with van der Waals surface area (Å²) in [6, 6.07) is 14.7. The number of Topliss-reactive ketones (excluding diaryl/α,β-unsaturated/α-hetero) is 1. The molecule has 0 bridgehead atoms. The van der Waals surface area contributed by atoms with Crippen molar-refractivity contribution in [3.63, 3.8) is 0 Å². The fourth-order valence-corrected chi connectivity index (χ4v) is 8.54. The Balaban J connectivity index is 1.76. The number of halogens is 1. The zero-order chi connectivity index (χ0) is 29.8. The molecule has 1 saturated heterocycles. The maximum Gasteiger partial charge on any atom is 0.366 e. The number of nitro benzene ring substituents is 1. The third kappa shape index (κ3) is 7.55. The van der Waals surface area contributed by atoms with Gasteiger partial charge in [-0.3, -0.25) is 19.7 Å². The largest absolute Gasteiger partial charge is 0.457 e. The number of rotatable bonds is 12. The molecule has 0 aliphatic carbocycles. The number of esters is 1. The average molecular weight is 682 g/mol. The molecule has 1 amide bonds. The van der Waals surface area contributed by atoms with Gasteiger partial charge in [-0.05, 0) is 54.9 Å². The third-order valence-corrected chi connectivity index (χ3v) is 15.5. The quantitative estimate of drug-likeness (QED) is 0.0529. The molecule has 2 aromatic rings. The third-order valence-electron chi connectivity index (χ3n) is 7.73. The Bertz CT molecular complexity index is 1230. The van der Waals surface area contributed by atoms with Gasteiger partial charge >= 0.3 is 31.1 Å². The SMILES string of the molecule is C[C@@H](O[Si](C)(C)C(C)(C)C)[C@H]1C(=O)N[C@@H]1[C@@H](C)C(=O)C([I+]c1ccccc1)C(=O)OCc1ccc([N+](=O)[O-])cc1. The second-order valence-corrected chi connectivity index (χ2v) is 19.5. The van der Waals surface area contributed by atoms with Gasteiger partial charge < -0.3 is 14.5 Å². The molecule has 9 nitrogen and oxygen atoms in total. The van der Waals surface area contributed by atoms with E-state index in [1.54, 1.807) is 6.92 Å². The Morgan fingerprint density at radius 3 is 2.20 bits per heavy atom. The number of carbonyl (C=O) groups is 3. The lowest BCUT2D eigenvalue weighted by Gasteiger charge is -2.46. The second-order valence-electron chi connectivity index (χ2n) is 11.6. The Kier molecular flexibility index (Phi) is 10.3. The minimum atomic E-state index is -2.15. The first-order chi connectivity index (χ1) is 18.6. The van der Waals surface area contributed by atoms with E-state index in [9.17, 15) is 24.5 Å². The number of nitrogens with one attached hydrogen (secondary N) is 1. The van der Waals surface area contributed by atoms with Crippen LogP contribution in [-0.4, -0.2) is 47.0 Å². The number of alkyl halides is 1. The summed E-state index contributed by atoms with van der Waals surface area (Å²) >= 11 is -1.09. The van der Waals surface area contributed by atoms with Gasteiger partial charge in [0.1, 0.15) is 6.61 Å². The van der Waals surface area contributed by atoms with Gasteiger partial charge in [0.2, 0.25) is 11.7 Å². The molecule has 1 N–H and O–H groups in total. The molecule has 3 rings (SSSR count). The van der Waals surface area contributed by atoms with E-state index in [0.717, 1.165) is 3.57 Å². The summed E-state index contributed by atoms with van der Waals surface area (Å²) in [6.45, 7) is 14.2. The lowest BCUT2D eigenvalue weighted by Crippen LogP contribution is -3.66. The zero-order valence-corrected chi connectivity index (χ0v) is 27.1. The van der Waals surface area contributed by atoms with Gasteiger partial charge in [-0.25, -0.2) is 4.79 Å². The number of β-lactam (4-membered cyclic amide) rings is 1. The molecule has 0 spiro atoms. The van der Waals surface area contributed by atoms with E-state index in [4.69, 9.17) is 9.16 Å². The van der Waals surface area contributed by atoms with Gasteiger partial charge in [0.15, 0.2) is 11.9 Å². The molecule has 2 aromatic carbocycles. The fraction of sp³-hybridized carbons (Fsp3) is 0.483. The molecule has 1 aliphatic heterocycles. The minimum Gasteiger partial charge on any atom is -0.457 e. The van der Waals surface area contributed by atoms with Crippen molar-refractivity contribution in [2.24, 2.45) is 11.8 Å². The van der Waals surface area contributed by atoms with Crippen molar-refractivity contribution in [1.29, 1.82) is 0 Å². The predicted octanol–water partition coefficient (Wildman–Crippen LogP) is 1.70. The van der Waals surface area contributed by atoms with Gasteiger partial charge in [-0.15, -0.1) is 0 Å². The molecule has 40 heavy (non-hydrogen) atoms. The van der Waals surface area contributed by atoms with Crippen molar-refractivity contribution < 1.29 is 49.7 Å². The normalized spacial score (nSPS) is 19.5. The number of hydrogen-bond donors (Lipinski definition) is 1. The van der Waals surface area contributed by atoms with Crippen molar-refractivity contribution in [2.45, 2.75) is 75.4 Å². The molecule has 0 saturated carbocycles. The molecule has 1 aliphatic rings. The predicted molar refractivity (Wildman–Crippen MR) is 149 cm³/mol. The number of benzene rings is 2. The monoisotopic (exact) mass is 681 g/mol. The molecule has 0 radical (unpaired) electrons. The number of nitro groups is 1. The molecule has 5 atom stereocenters. The van der Waals surface area contributed by atoms with Crippen LogP contribution in [0.25, 0.3) is 0 Å². The Morgan fingerprint density at radius 1 is 1.07 bits per heavy atom. The van der Waals surface area contributed by atoms with E-state index in [1.165, 1.54) is 24.3 Å². The number of hydrogen-bond acceptors (Lipinski definition) is 7. The van der Waals surface area contributed by atoms with Crippen LogP contribution < -0.4 is 26.5 Å². The van der Waals surface area contributed by atoms with Gasteiger partial charge in [0.05, 0.1) is 23.0 Å². The zero-order valence-electron chi connectivity index (χ0n) is 24.0. The standard InChI is InChI=1S/C29H37IN2O7Si/c1-18(25-23(27(34)31-25)19(2)39-40(6,7)29(3,4)5)26(33)24(30-21-11-9-8-10-12-21)28(35)38-17-20-13-15-22(16-14-20)32(36)37/h8-16,18-19,23-25H,17H2,1-7H3/p+1/t18-,19-,23-,24?,25-/m1/s1. The number of non-ortho nitro benzene ring substituents is 1. The van der Waals surface area contributed by atoms with Crippen LogP contribution in [0.3, 0.4) is 0 Å². The fourth-order valence-electron chi connectivity index (χ4n) is 4.25. The summed E-state index contributed by atoms with van der Waals surface area (Å²) in [5, 5.41) is 13.8. The summed E-state index contributed by atoms with van der Waals surface area (Å²) < 4.78 is 12.0. The van der Waals surface area contributed by atoms with Crippen LogP contribution in [-0.2, 0) is 30.2 Å². The molecule has 11 heteroatoms. The van der Waals surface area contributed by atoms with E-state index in [2.05, 4.69) is 39.2 Å². The first-order valence-corrected chi connectivity index (χ1v) is 18.5. The van der Waals surface area contributed by atoms with E-state index >= 15 is 0 Å². The summed E-state index contributed by atoms with van der Waals surface area (Å²) in [4.78, 5) is 50.2. The van der Waals surface area contributed by atoms with Crippen LogP contribution in [0.2, 0.25) is 18.1 Å². The smallest absolute Gasteiger partial charge is 0.366 e. The van der Waals surface area contributed by atoms with Crippen molar-refractivity contribution in [1.82, 2.24) is 5.32 Å². The van der Waals surface area contributed by atoms with E-state index in [1.807, 2.05) is 37.3 Å². The number of ether oxygens (including phenoxy) is 1. The highest BCUT2D eigenvalue weighted by atomic mass is 127. The van der Waals surface area contributed by atoms with Gasteiger partial charge in [-0.1, -0.05) is 45.9 Å². The van der Waals surface area contributed by atoms with E-state index < -0.39 is 62.2 Å². The van der Waals surface area contributed by atoms with Crippen molar-refractivity contribution in [2.75, 3.05) is 0 Å². The summed E-state index contributed by atoms with van der Waals surface area (Å²) in [6.07, 6.45) is -0.369. The van der Waals surface area contributed by atoms with Gasteiger partial charge in [-0.2, -0.15) is 0 Å². The topological polar surface area (TPSA) is 125 Å². The first-order valence-electron chi connectivity index (χ1n) is 13.2. The highest BCUT2D eigenvalue weighted by Gasteiger charge is 2.54. The maximum absolute atomic E-state index is 13.8. The minimum absolute atomic E-state index is 0.0307. The lowest BCUT2D eigenvalue weighted by molar-refractivity contribution is -0.639. The summed E-state index contributed by atoms with van der Waals surface area (Å²) in [7, 11) is -2.15. The van der Waals surface area contributed by atoms with Crippen molar-refractivity contribution in [3.05, 3.63) is 73.8 Å². The van der Waals surface area contributed by atoms with Crippen LogP contribution in [0, 0.1) is 25.5 Å². The summed E-state index contributed by atoms with van der Waals surface area (Å²) in [5.74, 6) is -2.14. The Morgan fingerprint density at radius 2 is 1.68 bits per heavy atom. The van der Waals surface area contributed by atoms with Crippen LogP contribution in [0.5, 0.6) is 0 Å². The first kappa shape index (κ1) is 31.9. The number of amides is 1. The van der Waals surface area contributed by atoms with Crippen molar-refractivity contribution >= 4 is 31.7 Å². The van der Waals surface area contributed by atoms with E-state index in [-0.39, 0.29) is 35.1 Å². The lowest BCUT2D eigenvalue weighted by atomic mass is 9.77. The molecule has 1 heterocycles. The highest BCUT2D eigenvalue weighted by Crippen LogP contribution is 2.39. The van der Waals surface area contributed by atoms with Gasteiger partial charge in [0.25, 0.3) is 5.69 Å². The average Bonchev–Trinajstić information content (AvgIpc) is 2.87. The maximum atomic E-state index is 13.8. The van der Waals surface area contributed by atoms with Crippen molar-refractivity contribution in [3.8, 4) is 0 Å². The molecular formula is C29H38IN2O7Si+. The van der Waals surface area contributed by atoms with E-state index in [0.29, 0.717) is 5.56 Å².